The smallest absolute Gasteiger partial charge is 0.307 e. The molecule has 0 bridgehead atoms. The second kappa shape index (κ2) is 6.43. The number of carbonyl (C=O) groups is 2. The van der Waals surface area contributed by atoms with E-state index in [0.717, 1.165) is 15.6 Å². The van der Waals surface area contributed by atoms with Gasteiger partial charge in [0.1, 0.15) is 0 Å². The number of allylic oxidation sites excluding steroid dienone is 2. The number of halogens is 1. The summed E-state index contributed by atoms with van der Waals surface area (Å²) in [5, 5.41) is 12.2. The third-order valence-electron chi connectivity index (χ3n) is 4.05. The lowest BCUT2D eigenvalue weighted by atomic mass is 9.76. The lowest BCUT2D eigenvalue weighted by Gasteiger charge is -2.29. The molecule has 0 radical (unpaired) electrons. The molecule has 0 aliphatic heterocycles. The van der Waals surface area contributed by atoms with Gasteiger partial charge in [0.25, 0.3) is 0 Å². The average Bonchev–Trinajstić information content (AvgIpc) is 2.43. The van der Waals surface area contributed by atoms with E-state index in [1.807, 2.05) is 32.0 Å². The monoisotopic (exact) mass is 351 g/mol. The summed E-state index contributed by atoms with van der Waals surface area (Å²) < 4.78 is 0.782. The minimum atomic E-state index is -0.908. The largest absolute Gasteiger partial charge is 0.481 e. The molecule has 0 aromatic heterocycles. The van der Waals surface area contributed by atoms with Crippen molar-refractivity contribution in [3.05, 3.63) is 39.9 Å². The van der Waals surface area contributed by atoms with Gasteiger partial charge in [-0.25, -0.2) is 0 Å². The highest BCUT2D eigenvalue weighted by atomic mass is 79.9. The Balaban J connectivity index is 2.21. The summed E-state index contributed by atoms with van der Waals surface area (Å²) in [4.78, 5) is 23.9. The van der Waals surface area contributed by atoms with Gasteiger partial charge in [-0.2, -0.15) is 0 Å². The van der Waals surface area contributed by atoms with Gasteiger partial charge in [-0.1, -0.05) is 23.3 Å². The second-order valence-electron chi connectivity index (χ2n) is 5.49. The number of aliphatic carboxylic acids is 1. The standard InChI is InChI=1S/C16H18BrNO3/c1-9-7-11(12(16(20)21)8-10(9)2)15(19)18-14-6-4-3-5-13(14)17/h3-6,11-12H,7-8H2,1-2H3,(H,18,19)(H,20,21)/t11-,12+/m1/s1. The number of carbonyl (C=O) groups excluding carboxylic acids is 1. The summed E-state index contributed by atoms with van der Waals surface area (Å²) >= 11 is 3.37. The van der Waals surface area contributed by atoms with Crippen LogP contribution in [-0.4, -0.2) is 17.0 Å². The van der Waals surface area contributed by atoms with E-state index in [-0.39, 0.29) is 5.91 Å². The zero-order chi connectivity index (χ0) is 15.6. The number of anilines is 1. The van der Waals surface area contributed by atoms with Crippen LogP contribution in [0.25, 0.3) is 0 Å². The van der Waals surface area contributed by atoms with Crippen molar-refractivity contribution in [3.63, 3.8) is 0 Å². The van der Waals surface area contributed by atoms with E-state index >= 15 is 0 Å². The van der Waals surface area contributed by atoms with E-state index in [2.05, 4.69) is 21.2 Å². The molecular weight excluding hydrogens is 334 g/mol. The van der Waals surface area contributed by atoms with Crippen LogP contribution in [0.15, 0.2) is 39.9 Å². The van der Waals surface area contributed by atoms with Crippen LogP contribution in [0.5, 0.6) is 0 Å². The maximum absolute atomic E-state index is 12.5. The second-order valence-corrected chi connectivity index (χ2v) is 6.34. The van der Waals surface area contributed by atoms with Gasteiger partial charge in [0.05, 0.1) is 17.5 Å². The summed E-state index contributed by atoms with van der Waals surface area (Å²) in [5.74, 6) is -2.33. The predicted octanol–water partition coefficient (Wildman–Crippen LogP) is 3.83. The number of amides is 1. The fraction of sp³-hybridized carbons (Fsp3) is 0.375. The van der Waals surface area contributed by atoms with Gasteiger partial charge in [-0.3, -0.25) is 9.59 Å². The third-order valence-corrected chi connectivity index (χ3v) is 4.74. The SMILES string of the molecule is CC1=C(C)C[C@@H](C(=O)Nc2ccccc2Br)[C@@H](C(=O)O)C1. The Hall–Kier alpha value is -1.62. The average molecular weight is 352 g/mol. The highest BCUT2D eigenvalue weighted by Crippen LogP contribution is 2.35. The number of rotatable bonds is 3. The topological polar surface area (TPSA) is 66.4 Å². The number of nitrogens with one attached hydrogen (secondary N) is 1. The molecule has 2 N–H and O–H groups in total. The van der Waals surface area contributed by atoms with Crippen LogP contribution >= 0.6 is 15.9 Å². The highest BCUT2D eigenvalue weighted by Gasteiger charge is 2.37. The number of carboxylic acid groups (broad SMARTS) is 1. The molecule has 2 rings (SSSR count). The Morgan fingerprint density at radius 3 is 2.29 bits per heavy atom. The highest BCUT2D eigenvalue weighted by molar-refractivity contribution is 9.10. The molecule has 1 amide bonds. The molecule has 1 aliphatic carbocycles. The summed E-state index contributed by atoms with van der Waals surface area (Å²) in [6.07, 6.45) is 0.939. The summed E-state index contributed by atoms with van der Waals surface area (Å²) in [5.41, 5.74) is 2.85. The predicted molar refractivity (Wildman–Crippen MR) is 85.0 cm³/mol. The molecule has 0 saturated heterocycles. The molecule has 0 heterocycles. The number of benzene rings is 1. The van der Waals surface area contributed by atoms with Crippen LogP contribution in [0.4, 0.5) is 5.69 Å². The van der Waals surface area contributed by atoms with Crippen molar-refractivity contribution in [2.45, 2.75) is 26.7 Å². The Bertz CT molecular complexity index is 609. The van der Waals surface area contributed by atoms with Crippen LogP contribution in [0.2, 0.25) is 0 Å². The summed E-state index contributed by atoms with van der Waals surface area (Å²) in [6.45, 7) is 3.90. The summed E-state index contributed by atoms with van der Waals surface area (Å²) in [7, 11) is 0. The first kappa shape index (κ1) is 15.8. The molecule has 0 fully saturated rings. The van der Waals surface area contributed by atoms with Gasteiger partial charge in [0, 0.05) is 4.47 Å². The Morgan fingerprint density at radius 2 is 1.71 bits per heavy atom. The van der Waals surface area contributed by atoms with Gasteiger partial charge < -0.3 is 10.4 Å². The molecule has 1 aliphatic rings. The minimum absolute atomic E-state index is 0.235. The van der Waals surface area contributed by atoms with E-state index in [1.54, 1.807) is 6.07 Å². The number of para-hydroxylation sites is 1. The lowest BCUT2D eigenvalue weighted by molar-refractivity contribution is -0.146. The molecule has 1 aromatic carbocycles. The quantitative estimate of drug-likeness (QED) is 0.813. The van der Waals surface area contributed by atoms with Crippen molar-refractivity contribution in [1.29, 1.82) is 0 Å². The van der Waals surface area contributed by atoms with Crippen LogP contribution in [0.3, 0.4) is 0 Å². The zero-order valence-corrected chi connectivity index (χ0v) is 13.6. The maximum atomic E-state index is 12.5. The Kier molecular flexibility index (Phi) is 4.83. The van der Waals surface area contributed by atoms with Crippen molar-refractivity contribution >= 4 is 33.5 Å². The van der Waals surface area contributed by atoms with Crippen molar-refractivity contribution in [3.8, 4) is 0 Å². The zero-order valence-electron chi connectivity index (χ0n) is 12.0. The number of carboxylic acids is 1. The molecule has 112 valence electrons. The van der Waals surface area contributed by atoms with E-state index in [0.29, 0.717) is 18.5 Å². The molecule has 5 heteroatoms. The molecule has 4 nitrogen and oxygen atoms in total. The molecule has 0 saturated carbocycles. The van der Waals surface area contributed by atoms with E-state index in [9.17, 15) is 14.7 Å². The molecule has 0 unspecified atom stereocenters. The van der Waals surface area contributed by atoms with Crippen molar-refractivity contribution in [1.82, 2.24) is 0 Å². The lowest BCUT2D eigenvalue weighted by Crippen LogP contribution is -2.36. The van der Waals surface area contributed by atoms with Crippen LogP contribution < -0.4 is 5.32 Å². The first-order valence-corrected chi connectivity index (χ1v) is 7.63. The minimum Gasteiger partial charge on any atom is -0.481 e. The normalized spacial score (nSPS) is 22.0. The van der Waals surface area contributed by atoms with Gasteiger partial charge in [-0.05, 0) is 54.8 Å². The van der Waals surface area contributed by atoms with Crippen molar-refractivity contribution in [2.24, 2.45) is 11.8 Å². The van der Waals surface area contributed by atoms with Crippen molar-refractivity contribution < 1.29 is 14.7 Å². The maximum Gasteiger partial charge on any atom is 0.307 e. The van der Waals surface area contributed by atoms with Crippen molar-refractivity contribution in [2.75, 3.05) is 5.32 Å². The van der Waals surface area contributed by atoms with E-state index in [1.165, 1.54) is 0 Å². The van der Waals surface area contributed by atoms with Crippen LogP contribution in [0, 0.1) is 11.8 Å². The molecular formula is C16H18BrNO3. The summed E-state index contributed by atoms with van der Waals surface area (Å²) in [6, 6.07) is 7.30. The number of hydrogen-bond donors (Lipinski definition) is 2. The fourth-order valence-electron chi connectivity index (χ4n) is 2.62. The van der Waals surface area contributed by atoms with E-state index in [4.69, 9.17) is 0 Å². The van der Waals surface area contributed by atoms with E-state index < -0.39 is 17.8 Å². The first-order chi connectivity index (χ1) is 9.90. The molecule has 0 spiro atoms. The van der Waals surface area contributed by atoms with Gasteiger partial charge in [0.2, 0.25) is 5.91 Å². The van der Waals surface area contributed by atoms with Gasteiger partial charge in [0.15, 0.2) is 0 Å². The van der Waals surface area contributed by atoms with Gasteiger partial charge in [-0.15, -0.1) is 0 Å². The Morgan fingerprint density at radius 1 is 1.14 bits per heavy atom. The Labute approximate surface area is 132 Å². The van der Waals surface area contributed by atoms with Gasteiger partial charge >= 0.3 is 5.97 Å². The third kappa shape index (κ3) is 3.53. The van der Waals surface area contributed by atoms with Crippen LogP contribution in [0.1, 0.15) is 26.7 Å². The fourth-order valence-corrected chi connectivity index (χ4v) is 3.00. The number of hydrogen-bond acceptors (Lipinski definition) is 2. The van der Waals surface area contributed by atoms with Crippen LogP contribution in [-0.2, 0) is 9.59 Å². The molecule has 21 heavy (non-hydrogen) atoms. The molecule has 1 aromatic rings. The molecule has 2 atom stereocenters. The first-order valence-electron chi connectivity index (χ1n) is 6.83.